The van der Waals surface area contributed by atoms with Crippen molar-refractivity contribution >= 4 is 17.8 Å². The molecule has 6 heteroatoms. The van der Waals surface area contributed by atoms with Crippen molar-refractivity contribution in [2.75, 3.05) is 7.11 Å². The first-order chi connectivity index (χ1) is 8.46. The van der Waals surface area contributed by atoms with Crippen molar-refractivity contribution in [2.45, 2.75) is 45.6 Å². The van der Waals surface area contributed by atoms with Gasteiger partial charge >= 0.3 is 11.9 Å². The van der Waals surface area contributed by atoms with Crippen LogP contribution in [0.1, 0.15) is 39.5 Å². The summed E-state index contributed by atoms with van der Waals surface area (Å²) in [5.74, 6) is -2.10. The Kier molecular flexibility index (Phi) is 7.74. The fourth-order valence-corrected chi connectivity index (χ4v) is 1.57. The third kappa shape index (κ3) is 5.65. The van der Waals surface area contributed by atoms with Crippen molar-refractivity contribution in [1.29, 1.82) is 0 Å². The molecule has 0 spiro atoms. The van der Waals surface area contributed by atoms with Gasteiger partial charge in [0.25, 0.3) is 0 Å². The summed E-state index contributed by atoms with van der Waals surface area (Å²) in [6, 6.07) is -1.04. The Balaban J connectivity index is 4.40. The van der Waals surface area contributed by atoms with Crippen LogP contribution in [0.4, 0.5) is 0 Å². The van der Waals surface area contributed by atoms with E-state index in [4.69, 9.17) is 5.11 Å². The molecule has 0 rings (SSSR count). The average molecular weight is 259 g/mol. The van der Waals surface area contributed by atoms with E-state index in [0.717, 1.165) is 0 Å². The Labute approximate surface area is 107 Å². The molecule has 0 aliphatic carbocycles. The van der Waals surface area contributed by atoms with E-state index in [1.54, 1.807) is 0 Å². The van der Waals surface area contributed by atoms with E-state index in [9.17, 15) is 14.4 Å². The van der Waals surface area contributed by atoms with Crippen LogP contribution in [0, 0.1) is 5.92 Å². The summed E-state index contributed by atoms with van der Waals surface area (Å²) in [6.45, 7) is 3.75. The molecule has 0 fully saturated rings. The predicted molar refractivity (Wildman–Crippen MR) is 64.9 cm³/mol. The highest BCUT2D eigenvalue weighted by molar-refractivity contribution is 5.85. The number of methoxy groups -OCH3 is 1. The summed E-state index contributed by atoms with van der Waals surface area (Å²) in [5.41, 5.74) is 0. The van der Waals surface area contributed by atoms with Gasteiger partial charge in [0.15, 0.2) is 0 Å². The summed E-state index contributed by atoms with van der Waals surface area (Å²) in [4.78, 5) is 33.7. The predicted octanol–water partition coefficient (Wildman–Crippen LogP) is 0.945. The van der Waals surface area contributed by atoms with Crippen LogP contribution >= 0.6 is 0 Å². The molecule has 0 aromatic rings. The van der Waals surface area contributed by atoms with Crippen LogP contribution in [0.25, 0.3) is 0 Å². The van der Waals surface area contributed by atoms with E-state index in [1.807, 2.05) is 13.8 Å². The second-order valence-corrected chi connectivity index (χ2v) is 4.03. The molecule has 0 saturated heterocycles. The van der Waals surface area contributed by atoms with Crippen molar-refractivity contribution in [3.8, 4) is 0 Å². The van der Waals surface area contributed by atoms with E-state index < -0.39 is 18.0 Å². The lowest BCUT2D eigenvalue weighted by molar-refractivity contribution is -0.144. The van der Waals surface area contributed by atoms with Gasteiger partial charge in [-0.05, 0) is 19.3 Å². The first kappa shape index (κ1) is 16.4. The van der Waals surface area contributed by atoms with Gasteiger partial charge in [0.1, 0.15) is 6.04 Å². The molecule has 0 unspecified atom stereocenters. The van der Waals surface area contributed by atoms with E-state index in [1.165, 1.54) is 7.11 Å². The number of carboxylic acids is 1. The molecule has 0 aliphatic heterocycles. The number of aliphatic carboxylic acids is 1. The van der Waals surface area contributed by atoms with Gasteiger partial charge in [-0.15, -0.1) is 0 Å². The largest absolute Gasteiger partial charge is 0.480 e. The standard InChI is InChI=1S/C12H21NO5/c1-4-8(5-2)11(15)13-9(12(16)17)6-7-10(14)18-3/h8-9H,4-7H2,1-3H3,(H,13,15)(H,16,17)/t9-/m0/s1. The number of rotatable bonds is 8. The van der Waals surface area contributed by atoms with E-state index in [-0.39, 0.29) is 24.7 Å². The van der Waals surface area contributed by atoms with Crippen LogP contribution in [-0.4, -0.2) is 36.1 Å². The molecular weight excluding hydrogens is 238 g/mol. The van der Waals surface area contributed by atoms with Gasteiger partial charge in [-0.25, -0.2) is 4.79 Å². The van der Waals surface area contributed by atoms with Crippen molar-refractivity contribution in [2.24, 2.45) is 5.92 Å². The fourth-order valence-electron chi connectivity index (χ4n) is 1.57. The second-order valence-electron chi connectivity index (χ2n) is 4.03. The van der Waals surface area contributed by atoms with E-state index >= 15 is 0 Å². The average Bonchev–Trinajstić information content (AvgIpc) is 2.34. The van der Waals surface area contributed by atoms with Crippen molar-refractivity contribution in [3.63, 3.8) is 0 Å². The van der Waals surface area contributed by atoms with Crippen LogP contribution in [0.2, 0.25) is 0 Å². The van der Waals surface area contributed by atoms with Gasteiger partial charge in [0.2, 0.25) is 5.91 Å². The van der Waals surface area contributed by atoms with E-state index in [0.29, 0.717) is 12.8 Å². The van der Waals surface area contributed by atoms with Crippen LogP contribution in [-0.2, 0) is 19.1 Å². The SMILES string of the molecule is CCC(CC)C(=O)N[C@@H](CCC(=O)OC)C(=O)O. The number of hydrogen-bond acceptors (Lipinski definition) is 4. The first-order valence-corrected chi connectivity index (χ1v) is 6.06. The Morgan fingerprint density at radius 2 is 1.78 bits per heavy atom. The number of hydrogen-bond donors (Lipinski definition) is 2. The topological polar surface area (TPSA) is 92.7 Å². The summed E-state index contributed by atoms with van der Waals surface area (Å²) < 4.78 is 4.43. The number of esters is 1. The molecular formula is C12H21NO5. The molecule has 2 N–H and O–H groups in total. The van der Waals surface area contributed by atoms with Crippen molar-refractivity contribution in [1.82, 2.24) is 5.32 Å². The summed E-state index contributed by atoms with van der Waals surface area (Å²) in [6.07, 6.45) is 1.32. The van der Waals surface area contributed by atoms with Gasteiger partial charge in [-0.3, -0.25) is 9.59 Å². The highest BCUT2D eigenvalue weighted by Crippen LogP contribution is 2.09. The molecule has 0 aromatic carbocycles. The summed E-state index contributed by atoms with van der Waals surface area (Å²) in [5, 5.41) is 11.4. The number of carbonyl (C=O) groups is 3. The quantitative estimate of drug-likeness (QED) is 0.633. The number of carboxylic acid groups (broad SMARTS) is 1. The smallest absolute Gasteiger partial charge is 0.326 e. The lowest BCUT2D eigenvalue weighted by Crippen LogP contribution is -2.43. The molecule has 0 radical (unpaired) electrons. The van der Waals surface area contributed by atoms with E-state index in [2.05, 4.69) is 10.1 Å². The lowest BCUT2D eigenvalue weighted by atomic mass is 10.0. The first-order valence-electron chi connectivity index (χ1n) is 6.06. The zero-order valence-electron chi connectivity index (χ0n) is 11.1. The molecule has 0 aromatic heterocycles. The molecule has 0 saturated carbocycles. The van der Waals surface area contributed by atoms with Gasteiger partial charge in [-0.1, -0.05) is 13.8 Å². The maximum Gasteiger partial charge on any atom is 0.326 e. The highest BCUT2D eigenvalue weighted by Gasteiger charge is 2.24. The second kappa shape index (κ2) is 8.49. The maximum absolute atomic E-state index is 11.7. The number of amides is 1. The Hall–Kier alpha value is -1.59. The number of ether oxygens (including phenoxy) is 1. The fraction of sp³-hybridized carbons (Fsp3) is 0.750. The molecule has 0 bridgehead atoms. The minimum Gasteiger partial charge on any atom is -0.480 e. The zero-order valence-corrected chi connectivity index (χ0v) is 11.1. The number of nitrogens with one attached hydrogen (secondary N) is 1. The Morgan fingerprint density at radius 3 is 2.17 bits per heavy atom. The maximum atomic E-state index is 11.7. The number of carbonyl (C=O) groups excluding carboxylic acids is 2. The third-order valence-electron chi connectivity index (χ3n) is 2.84. The zero-order chi connectivity index (χ0) is 14.1. The Bertz CT molecular complexity index is 299. The van der Waals surface area contributed by atoms with Gasteiger partial charge < -0.3 is 15.2 Å². The molecule has 0 aliphatic rings. The minimum atomic E-state index is -1.14. The van der Waals surface area contributed by atoms with Crippen LogP contribution in [0.5, 0.6) is 0 Å². The molecule has 1 amide bonds. The molecule has 104 valence electrons. The normalized spacial score (nSPS) is 12.0. The molecule has 6 nitrogen and oxygen atoms in total. The third-order valence-corrected chi connectivity index (χ3v) is 2.84. The molecule has 0 heterocycles. The van der Waals surface area contributed by atoms with Crippen molar-refractivity contribution < 1.29 is 24.2 Å². The lowest BCUT2D eigenvalue weighted by Gasteiger charge is -2.18. The van der Waals surface area contributed by atoms with Crippen LogP contribution in [0.15, 0.2) is 0 Å². The summed E-state index contributed by atoms with van der Waals surface area (Å²) >= 11 is 0. The monoisotopic (exact) mass is 259 g/mol. The molecule has 18 heavy (non-hydrogen) atoms. The van der Waals surface area contributed by atoms with Crippen LogP contribution < -0.4 is 5.32 Å². The highest BCUT2D eigenvalue weighted by atomic mass is 16.5. The van der Waals surface area contributed by atoms with Crippen molar-refractivity contribution in [3.05, 3.63) is 0 Å². The van der Waals surface area contributed by atoms with Gasteiger partial charge in [-0.2, -0.15) is 0 Å². The minimum absolute atomic E-state index is 0.0311. The van der Waals surface area contributed by atoms with Gasteiger partial charge in [0.05, 0.1) is 7.11 Å². The Morgan fingerprint density at radius 1 is 1.22 bits per heavy atom. The van der Waals surface area contributed by atoms with Gasteiger partial charge in [0, 0.05) is 12.3 Å². The molecule has 1 atom stereocenters. The summed E-state index contributed by atoms with van der Waals surface area (Å²) in [7, 11) is 1.24. The van der Waals surface area contributed by atoms with Crippen LogP contribution in [0.3, 0.4) is 0 Å².